The van der Waals surface area contributed by atoms with Gasteiger partial charge in [-0.05, 0) is 79.9 Å². The molecule has 0 bridgehead atoms. The molecule has 1 heterocycles. The summed E-state index contributed by atoms with van der Waals surface area (Å²) in [5.41, 5.74) is 6.79. The van der Waals surface area contributed by atoms with Crippen LogP contribution in [0.15, 0.2) is 60.7 Å². The number of aryl methyl sites for hydroxylation is 1. The van der Waals surface area contributed by atoms with Crippen molar-refractivity contribution in [3.8, 4) is 0 Å². The van der Waals surface area contributed by atoms with Gasteiger partial charge in [0.15, 0.2) is 0 Å². The van der Waals surface area contributed by atoms with Crippen LogP contribution < -0.4 is 16.1 Å². The van der Waals surface area contributed by atoms with E-state index in [1.807, 2.05) is 26.0 Å². The topological polar surface area (TPSA) is 92.2 Å². The Balaban J connectivity index is 1.65. The molecule has 0 spiro atoms. The van der Waals surface area contributed by atoms with E-state index in [-0.39, 0.29) is 5.69 Å². The Labute approximate surface area is 212 Å². The summed E-state index contributed by atoms with van der Waals surface area (Å²) in [6.07, 6.45) is 0. The zero-order chi connectivity index (χ0) is 25.3. The lowest BCUT2D eigenvalue weighted by Gasteiger charge is -2.14. The number of fused-ring (bicyclic) bond motifs is 1. The van der Waals surface area contributed by atoms with E-state index in [1.165, 1.54) is 4.68 Å². The molecule has 4 aromatic rings. The molecule has 3 N–H and O–H groups in total. The second-order valence-corrected chi connectivity index (χ2v) is 8.92. The summed E-state index contributed by atoms with van der Waals surface area (Å²) in [5, 5.41) is 6.98. The maximum Gasteiger partial charge on any atom is 0.328 e. The van der Waals surface area contributed by atoms with E-state index >= 15 is 0 Å². The fourth-order valence-corrected chi connectivity index (χ4v) is 3.98. The lowest BCUT2D eigenvalue weighted by molar-refractivity contribution is -0.133. The highest BCUT2D eigenvalue weighted by Crippen LogP contribution is 2.25. The standard InChI is InChI=1S/C26H22Cl2N4O3/c1-14-6-4-8-20(15(14)2)29-24(33)23-13-17-12-18(27)10-11-22(17)32(23)31-26(35)25(34)30-21-9-5-7-19(28)16(21)3/h4-13H,1-3H3,(H,29,33)(H,30,34)(H,31,35). The summed E-state index contributed by atoms with van der Waals surface area (Å²) in [4.78, 5) is 38.7. The molecular weight excluding hydrogens is 487 g/mol. The molecule has 0 radical (unpaired) electrons. The Morgan fingerprint density at radius 3 is 2.20 bits per heavy atom. The lowest BCUT2D eigenvalue weighted by atomic mass is 10.1. The van der Waals surface area contributed by atoms with E-state index in [1.54, 1.807) is 55.5 Å². The molecule has 0 aliphatic rings. The predicted octanol–water partition coefficient (Wildman–Crippen LogP) is 5.83. The SMILES string of the molecule is Cc1cccc(NC(=O)c2cc3cc(Cl)ccc3n2NC(=O)C(=O)Nc2cccc(Cl)c2C)c1C. The Kier molecular flexibility index (Phi) is 6.82. The summed E-state index contributed by atoms with van der Waals surface area (Å²) in [7, 11) is 0. The van der Waals surface area contributed by atoms with Crippen LogP contribution in [0.25, 0.3) is 10.9 Å². The first kappa shape index (κ1) is 24.3. The fraction of sp³-hybridized carbons (Fsp3) is 0.115. The van der Waals surface area contributed by atoms with Gasteiger partial charge in [0.2, 0.25) is 0 Å². The normalized spacial score (nSPS) is 10.8. The van der Waals surface area contributed by atoms with Crippen LogP contribution in [-0.4, -0.2) is 22.4 Å². The first-order valence-corrected chi connectivity index (χ1v) is 11.5. The number of hydrogen-bond acceptors (Lipinski definition) is 3. The average molecular weight is 509 g/mol. The van der Waals surface area contributed by atoms with Crippen LogP contribution in [0.5, 0.6) is 0 Å². The van der Waals surface area contributed by atoms with Crippen molar-refractivity contribution in [3.63, 3.8) is 0 Å². The van der Waals surface area contributed by atoms with Crippen molar-refractivity contribution in [2.24, 2.45) is 0 Å². The number of aromatic nitrogens is 1. The lowest BCUT2D eigenvalue weighted by Crippen LogP contribution is -2.36. The number of rotatable bonds is 4. The van der Waals surface area contributed by atoms with Gasteiger partial charge in [-0.25, -0.2) is 4.68 Å². The van der Waals surface area contributed by atoms with E-state index in [2.05, 4.69) is 16.1 Å². The van der Waals surface area contributed by atoms with Crippen molar-refractivity contribution in [1.82, 2.24) is 4.68 Å². The molecule has 0 atom stereocenters. The molecule has 0 aliphatic carbocycles. The number of halogens is 2. The number of hydrogen-bond donors (Lipinski definition) is 3. The molecule has 7 nitrogen and oxygen atoms in total. The zero-order valence-corrected chi connectivity index (χ0v) is 20.7. The Morgan fingerprint density at radius 2 is 1.46 bits per heavy atom. The number of anilines is 2. The summed E-state index contributed by atoms with van der Waals surface area (Å²) in [5.74, 6) is -2.33. The number of benzene rings is 3. The monoisotopic (exact) mass is 508 g/mol. The number of nitrogens with zero attached hydrogens (tertiary/aromatic N) is 1. The number of nitrogens with one attached hydrogen (secondary N) is 3. The highest BCUT2D eigenvalue weighted by atomic mass is 35.5. The highest BCUT2D eigenvalue weighted by Gasteiger charge is 2.22. The van der Waals surface area contributed by atoms with Crippen molar-refractivity contribution >= 4 is 63.2 Å². The Hall–Kier alpha value is -3.81. The molecule has 0 aliphatic heterocycles. The van der Waals surface area contributed by atoms with E-state index in [9.17, 15) is 14.4 Å². The van der Waals surface area contributed by atoms with Crippen LogP contribution in [0, 0.1) is 20.8 Å². The van der Waals surface area contributed by atoms with E-state index < -0.39 is 17.7 Å². The van der Waals surface area contributed by atoms with Crippen molar-refractivity contribution in [3.05, 3.63) is 93.1 Å². The predicted molar refractivity (Wildman–Crippen MR) is 140 cm³/mol. The van der Waals surface area contributed by atoms with Crippen molar-refractivity contribution in [1.29, 1.82) is 0 Å². The fourth-order valence-electron chi connectivity index (χ4n) is 3.62. The second-order valence-electron chi connectivity index (χ2n) is 8.08. The molecule has 35 heavy (non-hydrogen) atoms. The number of amides is 3. The van der Waals surface area contributed by atoms with Crippen LogP contribution in [-0.2, 0) is 9.59 Å². The Morgan fingerprint density at radius 1 is 0.771 bits per heavy atom. The first-order valence-electron chi connectivity index (χ1n) is 10.7. The summed E-state index contributed by atoms with van der Waals surface area (Å²) in [6.45, 7) is 5.59. The van der Waals surface area contributed by atoms with Gasteiger partial charge in [-0.15, -0.1) is 0 Å². The van der Waals surface area contributed by atoms with Gasteiger partial charge in [0.25, 0.3) is 5.91 Å². The minimum absolute atomic E-state index is 0.128. The minimum atomic E-state index is -0.961. The zero-order valence-electron chi connectivity index (χ0n) is 19.2. The van der Waals surface area contributed by atoms with Crippen LogP contribution >= 0.6 is 23.2 Å². The second kappa shape index (κ2) is 9.82. The largest absolute Gasteiger partial charge is 0.328 e. The van der Waals surface area contributed by atoms with Gasteiger partial charge < -0.3 is 10.6 Å². The summed E-state index contributed by atoms with van der Waals surface area (Å²) in [6, 6.07) is 17.1. The van der Waals surface area contributed by atoms with Gasteiger partial charge in [0.1, 0.15) is 5.69 Å². The third kappa shape index (κ3) is 5.01. The maximum absolute atomic E-state index is 13.2. The van der Waals surface area contributed by atoms with Crippen LogP contribution in [0.2, 0.25) is 10.0 Å². The third-order valence-electron chi connectivity index (χ3n) is 5.78. The van der Waals surface area contributed by atoms with Crippen LogP contribution in [0.4, 0.5) is 11.4 Å². The van der Waals surface area contributed by atoms with Gasteiger partial charge in [-0.3, -0.25) is 19.8 Å². The molecule has 0 fully saturated rings. The van der Waals surface area contributed by atoms with Crippen molar-refractivity contribution in [2.75, 3.05) is 16.1 Å². The van der Waals surface area contributed by atoms with E-state index in [0.29, 0.717) is 37.9 Å². The molecule has 3 aromatic carbocycles. The molecule has 9 heteroatoms. The number of carbonyl (C=O) groups excluding carboxylic acids is 3. The van der Waals surface area contributed by atoms with Gasteiger partial charge in [-0.2, -0.15) is 0 Å². The number of carbonyl (C=O) groups is 3. The van der Waals surface area contributed by atoms with Gasteiger partial charge in [0, 0.05) is 26.8 Å². The minimum Gasteiger partial charge on any atom is -0.320 e. The smallest absolute Gasteiger partial charge is 0.320 e. The molecule has 0 saturated heterocycles. The van der Waals surface area contributed by atoms with Crippen molar-refractivity contribution < 1.29 is 14.4 Å². The molecule has 3 amide bonds. The van der Waals surface area contributed by atoms with E-state index in [0.717, 1.165) is 11.1 Å². The van der Waals surface area contributed by atoms with Gasteiger partial charge in [-0.1, -0.05) is 41.4 Å². The molecule has 0 unspecified atom stereocenters. The molecule has 4 rings (SSSR count). The highest BCUT2D eigenvalue weighted by molar-refractivity contribution is 6.43. The molecular formula is C26H22Cl2N4O3. The molecule has 178 valence electrons. The Bertz CT molecular complexity index is 1490. The van der Waals surface area contributed by atoms with Gasteiger partial charge >= 0.3 is 11.8 Å². The first-order chi connectivity index (χ1) is 16.7. The van der Waals surface area contributed by atoms with Gasteiger partial charge in [0.05, 0.1) is 5.52 Å². The average Bonchev–Trinajstić information content (AvgIpc) is 3.17. The summed E-state index contributed by atoms with van der Waals surface area (Å²) < 4.78 is 1.28. The van der Waals surface area contributed by atoms with E-state index in [4.69, 9.17) is 23.2 Å². The maximum atomic E-state index is 13.2. The quantitative estimate of drug-likeness (QED) is 0.302. The molecule has 0 saturated carbocycles. The van der Waals surface area contributed by atoms with Crippen LogP contribution in [0.1, 0.15) is 27.2 Å². The van der Waals surface area contributed by atoms with Crippen LogP contribution in [0.3, 0.4) is 0 Å². The molecule has 1 aromatic heterocycles. The summed E-state index contributed by atoms with van der Waals surface area (Å²) >= 11 is 12.2. The third-order valence-corrected chi connectivity index (χ3v) is 6.43. The van der Waals surface area contributed by atoms with Crippen molar-refractivity contribution in [2.45, 2.75) is 20.8 Å².